The summed E-state index contributed by atoms with van der Waals surface area (Å²) in [6.45, 7) is 2.91. The maximum Gasteiger partial charge on any atom is 0.243 e. The van der Waals surface area contributed by atoms with E-state index < -0.39 is 10.0 Å². The van der Waals surface area contributed by atoms with Crippen molar-refractivity contribution in [2.75, 3.05) is 44.3 Å². The Morgan fingerprint density at radius 2 is 1.48 bits per heavy atom. The number of ether oxygens (including phenoxy) is 2. The third-order valence-corrected chi connectivity index (χ3v) is 7.32. The summed E-state index contributed by atoms with van der Waals surface area (Å²) in [4.78, 5) is 2.27. The lowest BCUT2D eigenvalue weighted by molar-refractivity contribution is 0.296. The summed E-state index contributed by atoms with van der Waals surface area (Å²) >= 11 is 0. The van der Waals surface area contributed by atoms with Gasteiger partial charge >= 0.3 is 0 Å². The zero-order valence-corrected chi connectivity index (χ0v) is 17.7. The van der Waals surface area contributed by atoms with Crippen LogP contribution in [0.5, 0.6) is 11.5 Å². The van der Waals surface area contributed by atoms with Gasteiger partial charge in [0.15, 0.2) is 23.1 Å². The smallest absolute Gasteiger partial charge is 0.243 e. The van der Waals surface area contributed by atoms with Gasteiger partial charge in [0.25, 0.3) is 0 Å². The Morgan fingerprint density at radius 1 is 0.806 bits per heavy atom. The first-order valence-electron chi connectivity index (χ1n) is 10.2. The molecule has 0 amide bonds. The first kappa shape index (κ1) is 19.8. The molecular formula is C21H23N5O4S. The van der Waals surface area contributed by atoms with Gasteiger partial charge in [-0.05, 0) is 36.4 Å². The molecule has 0 atom stereocenters. The van der Waals surface area contributed by atoms with Gasteiger partial charge in [0, 0.05) is 51.1 Å². The number of benzene rings is 1. The summed E-state index contributed by atoms with van der Waals surface area (Å²) in [7, 11) is -3.62. The molecule has 3 aromatic rings. The highest BCUT2D eigenvalue weighted by atomic mass is 32.2. The molecule has 0 aliphatic carbocycles. The van der Waals surface area contributed by atoms with Crippen LogP contribution in [0, 0.1) is 0 Å². The second-order valence-corrected chi connectivity index (χ2v) is 9.33. The zero-order chi connectivity index (χ0) is 21.3. The molecule has 31 heavy (non-hydrogen) atoms. The Bertz CT molecular complexity index is 1140. The fraction of sp³-hybridized carbons (Fsp3) is 0.333. The van der Waals surface area contributed by atoms with Gasteiger partial charge in [0.05, 0.1) is 18.1 Å². The highest BCUT2D eigenvalue weighted by molar-refractivity contribution is 7.89. The zero-order valence-electron chi connectivity index (χ0n) is 16.9. The molecule has 4 heterocycles. The van der Waals surface area contributed by atoms with E-state index in [2.05, 4.69) is 10.2 Å². The largest absolute Gasteiger partial charge is 0.490 e. The van der Waals surface area contributed by atoms with Crippen LogP contribution in [0.25, 0.3) is 5.82 Å². The second kappa shape index (κ2) is 8.20. The Morgan fingerprint density at radius 3 is 2.19 bits per heavy atom. The van der Waals surface area contributed by atoms with E-state index in [0.29, 0.717) is 50.9 Å². The lowest BCUT2D eigenvalue weighted by Gasteiger charge is -2.34. The standard InChI is InChI=1S/C21H23N5O4S/c27-31(28,17-4-5-18-19(16-17)30-15-3-14-29-18)26-12-10-25(11-13-26)21-7-6-20(22-23-21)24-8-1-2-9-24/h1-2,4-9,16H,3,10-15H2. The van der Waals surface area contributed by atoms with E-state index in [0.717, 1.165) is 18.1 Å². The predicted octanol–water partition coefficient (Wildman–Crippen LogP) is 1.94. The summed E-state index contributed by atoms with van der Waals surface area (Å²) in [5.74, 6) is 2.55. The van der Waals surface area contributed by atoms with Gasteiger partial charge in [0.1, 0.15) is 0 Å². The molecule has 0 radical (unpaired) electrons. The SMILES string of the molecule is O=S(=O)(c1ccc2c(c1)OCCCO2)N1CCN(c2ccc(-n3cccc3)nn2)CC1. The molecule has 2 aliphatic heterocycles. The number of nitrogens with zero attached hydrogens (tertiary/aromatic N) is 5. The molecule has 1 aromatic carbocycles. The minimum Gasteiger partial charge on any atom is -0.490 e. The van der Waals surface area contributed by atoms with Crippen LogP contribution in [0.3, 0.4) is 0 Å². The van der Waals surface area contributed by atoms with Gasteiger partial charge in [-0.2, -0.15) is 4.31 Å². The van der Waals surface area contributed by atoms with Crippen LogP contribution in [-0.2, 0) is 10.0 Å². The third kappa shape index (κ3) is 3.96. The average Bonchev–Trinajstić information content (AvgIpc) is 3.24. The number of fused-ring (bicyclic) bond motifs is 1. The van der Waals surface area contributed by atoms with Gasteiger partial charge < -0.3 is 18.9 Å². The molecule has 0 unspecified atom stereocenters. The lowest BCUT2D eigenvalue weighted by Crippen LogP contribution is -2.49. The number of piperazine rings is 1. The molecule has 162 valence electrons. The molecule has 0 N–H and O–H groups in total. The number of hydrogen-bond acceptors (Lipinski definition) is 7. The van der Waals surface area contributed by atoms with Crippen molar-refractivity contribution >= 4 is 15.8 Å². The van der Waals surface area contributed by atoms with E-state index in [1.807, 2.05) is 46.1 Å². The molecule has 2 aromatic heterocycles. The van der Waals surface area contributed by atoms with E-state index in [9.17, 15) is 8.42 Å². The summed E-state index contributed by atoms with van der Waals surface area (Å²) in [5.41, 5.74) is 0. The number of anilines is 1. The first-order valence-corrected chi connectivity index (χ1v) is 11.7. The van der Waals surface area contributed by atoms with E-state index in [1.165, 1.54) is 4.31 Å². The summed E-state index contributed by atoms with van der Waals surface area (Å²) in [6.07, 6.45) is 4.59. The van der Waals surface area contributed by atoms with Gasteiger partial charge in [-0.3, -0.25) is 0 Å². The Balaban J connectivity index is 1.27. The van der Waals surface area contributed by atoms with Crippen LogP contribution in [0.2, 0.25) is 0 Å². The fourth-order valence-electron chi connectivity index (χ4n) is 3.72. The Hall–Kier alpha value is -3.11. The van der Waals surface area contributed by atoms with Crippen molar-refractivity contribution in [1.29, 1.82) is 0 Å². The van der Waals surface area contributed by atoms with Crippen LogP contribution in [0.1, 0.15) is 6.42 Å². The molecule has 1 saturated heterocycles. The normalized spacial score (nSPS) is 17.4. The van der Waals surface area contributed by atoms with Crippen molar-refractivity contribution in [3.63, 3.8) is 0 Å². The van der Waals surface area contributed by atoms with Crippen LogP contribution in [-0.4, -0.2) is 66.9 Å². The maximum atomic E-state index is 13.2. The number of rotatable bonds is 4. The van der Waals surface area contributed by atoms with Crippen LogP contribution >= 0.6 is 0 Å². The highest BCUT2D eigenvalue weighted by Gasteiger charge is 2.30. The average molecular weight is 442 g/mol. The fourth-order valence-corrected chi connectivity index (χ4v) is 5.16. The highest BCUT2D eigenvalue weighted by Crippen LogP contribution is 2.33. The van der Waals surface area contributed by atoms with E-state index in [-0.39, 0.29) is 4.90 Å². The minimum absolute atomic E-state index is 0.223. The van der Waals surface area contributed by atoms with Crippen molar-refractivity contribution in [2.45, 2.75) is 11.3 Å². The monoisotopic (exact) mass is 441 g/mol. The van der Waals surface area contributed by atoms with Gasteiger partial charge in [-0.25, -0.2) is 8.42 Å². The minimum atomic E-state index is -3.62. The topological polar surface area (TPSA) is 89.8 Å². The summed E-state index contributed by atoms with van der Waals surface area (Å²) in [6, 6.07) is 12.5. The van der Waals surface area contributed by atoms with Crippen LogP contribution in [0.15, 0.2) is 59.8 Å². The van der Waals surface area contributed by atoms with Crippen molar-refractivity contribution < 1.29 is 17.9 Å². The van der Waals surface area contributed by atoms with E-state index in [4.69, 9.17) is 9.47 Å². The molecule has 0 spiro atoms. The quantitative estimate of drug-likeness (QED) is 0.611. The Labute approximate surface area is 180 Å². The van der Waals surface area contributed by atoms with Crippen molar-refractivity contribution in [3.8, 4) is 17.3 Å². The number of sulfonamides is 1. The van der Waals surface area contributed by atoms with Crippen molar-refractivity contribution in [2.24, 2.45) is 0 Å². The van der Waals surface area contributed by atoms with Crippen molar-refractivity contribution in [1.82, 2.24) is 19.1 Å². The van der Waals surface area contributed by atoms with Crippen LogP contribution < -0.4 is 14.4 Å². The molecule has 10 heteroatoms. The second-order valence-electron chi connectivity index (χ2n) is 7.39. The van der Waals surface area contributed by atoms with Crippen molar-refractivity contribution in [3.05, 3.63) is 54.9 Å². The van der Waals surface area contributed by atoms with Crippen LogP contribution in [0.4, 0.5) is 5.82 Å². The maximum absolute atomic E-state index is 13.2. The predicted molar refractivity (Wildman–Crippen MR) is 114 cm³/mol. The molecule has 5 rings (SSSR count). The van der Waals surface area contributed by atoms with E-state index >= 15 is 0 Å². The van der Waals surface area contributed by atoms with Gasteiger partial charge in [-0.1, -0.05) is 0 Å². The van der Waals surface area contributed by atoms with E-state index in [1.54, 1.807) is 18.2 Å². The molecular weight excluding hydrogens is 418 g/mol. The molecule has 2 aliphatic rings. The summed E-state index contributed by atoms with van der Waals surface area (Å²) < 4.78 is 41.0. The Kier molecular flexibility index (Phi) is 5.24. The first-order chi connectivity index (χ1) is 15.1. The number of aromatic nitrogens is 3. The third-order valence-electron chi connectivity index (χ3n) is 5.42. The molecule has 1 fully saturated rings. The molecule has 9 nitrogen and oxygen atoms in total. The molecule has 0 bridgehead atoms. The molecule has 0 saturated carbocycles. The summed E-state index contributed by atoms with van der Waals surface area (Å²) in [5, 5.41) is 8.59. The van der Waals surface area contributed by atoms with Gasteiger partial charge in [-0.15, -0.1) is 10.2 Å². The number of hydrogen-bond donors (Lipinski definition) is 0. The lowest BCUT2D eigenvalue weighted by atomic mass is 10.3. The van der Waals surface area contributed by atoms with Gasteiger partial charge in [0.2, 0.25) is 10.0 Å².